The molecule has 2 aliphatic carbocycles. The predicted molar refractivity (Wildman–Crippen MR) is 143 cm³/mol. The second-order valence-electron chi connectivity index (χ2n) is 10.3. The average molecular weight is 650 g/mol. The van der Waals surface area contributed by atoms with E-state index in [9.17, 15) is 0 Å². The summed E-state index contributed by atoms with van der Waals surface area (Å²) in [5.41, 5.74) is 13.8. The molecule has 32 heavy (non-hydrogen) atoms. The molecule has 4 rings (SSSR count). The van der Waals surface area contributed by atoms with E-state index in [-0.39, 0.29) is 13.6 Å². The van der Waals surface area contributed by atoms with Crippen LogP contribution >= 0.6 is 17.2 Å². The Morgan fingerprint density at radius 3 is 1.53 bits per heavy atom. The van der Waals surface area contributed by atoms with Crippen LogP contribution in [0.1, 0.15) is 85.5 Å². The summed E-state index contributed by atoms with van der Waals surface area (Å²) in [7, 11) is 16.6. The molecule has 170 valence electrons. The number of allylic oxidation sites excluding steroid dienone is 2. The van der Waals surface area contributed by atoms with Gasteiger partial charge in [0.05, 0.1) is 0 Å². The molecule has 0 bridgehead atoms. The Morgan fingerprint density at radius 2 is 1.12 bits per heavy atom. The normalized spacial score (nSPS) is 20.1. The zero-order chi connectivity index (χ0) is 23.4. The summed E-state index contributed by atoms with van der Waals surface area (Å²) < 4.78 is 0.438. The Kier molecular flexibility index (Phi) is 6.69. The Hall–Kier alpha value is -0.413. The molecule has 2 unspecified atom stereocenters. The van der Waals surface area contributed by atoms with Crippen molar-refractivity contribution in [3.8, 4) is 0 Å². The van der Waals surface area contributed by atoms with Crippen molar-refractivity contribution < 1.29 is 14.8 Å². The number of hydrogen-bond acceptors (Lipinski definition) is 0. The maximum absolute atomic E-state index is 8.28. The van der Waals surface area contributed by atoms with E-state index >= 15 is 0 Å². The first kappa shape index (κ1) is 24.7. The number of halogens is 2. The molecule has 0 aliphatic heterocycles. The fourth-order valence-corrected chi connectivity index (χ4v) is 57.6. The van der Waals surface area contributed by atoms with Crippen LogP contribution in [0.3, 0.4) is 0 Å². The van der Waals surface area contributed by atoms with Gasteiger partial charge in [-0.15, -0.1) is 0 Å². The molecule has 0 saturated carbocycles. The van der Waals surface area contributed by atoms with Gasteiger partial charge in [0.25, 0.3) is 0 Å². The number of aryl methyl sites for hydroxylation is 4. The fourth-order valence-electron chi connectivity index (χ4n) is 6.34. The number of fused-ring (bicyclic) bond motifs is 2. The number of benzene rings is 2. The van der Waals surface area contributed by atoms with Gasteiger partial charge in [0.1, 0.15) is 0 Å². The third kappa shape index (κ3) is 3.72. The summed E-state index contributed by atoms with van der Waals surface area (Å²) in [6.07, 6.45) is 7.23. The zero-order valence-electron chi connectivity index (χ0n) is 20.6. The molecule has 2 aliphatic rings. The summed E-state index contributed by atoms with van der Waals surface area (Å²) in [4.78, 5) is 0. The van der Waals surface area contributed by atoms with Gasteiger partial charge in [-0.2, -0.15) is 0 Å². The van der Waals surface area contributed by atoms with Crippen molar-refractivity contribution in [3.63, 3.8) is 0 Å². The van der Waals surface area contributed by atoms with Gasteiger partial charge in [-0.25, -0.2) is 0 Å². The van der Waals surface area contributed by atoms with Crippen LogP contribution in [0.2, 0.25) is 6.04 Å². The zero-order valence-corrected chi connectivity index (χ0v) is 26.8. The van der Waals surface area contributed by atoms with E-state index in [1.807, 2.05) is 0 Å². The molecule has 0 spiro atoms. The monoisotopic (exact) mass is 650 g/mol. The molecular weight excluding hydrogens is 614 g/mol. The van der Waals surface area contributed by atoms with Gasteiger partial charge in [-0.05, 0) is 0 Å². The molecule has 2 aromatic rings. The van der Waals surface area contributed by atoms with Crippen molar-refractivity contribution in [1.29, 1.82) is 0 Å². The van der Waals surface area contributed by atoms with Crippen LogP contribution in [0.25, 0.3) is 12.2 Å². The van der Waals surface area contributed by atoms with Crippen molar-refractivity contribution in [1.82, 2.24) is 0 Å². The van der Waals surface area contributed by atoms with Crippen molar-refractivity contribution >= 4 is 35.5 Å². The first-order valence-corrected chi connectivity index (χ1v) is 32.7. The van der Waals surface area contributed by atoms with Crippen LogP contribution in [0, 0.1) is 27.7 Å². The van der Waals surface area contributed by atoms with Crippen molar-refractivity contribution in [3.05, 3.63) is 79.9 Å². The van der Waals surface area contributed by atoms with Crippen LogP contribution in [-0.4, -0.2) is 6.22 Å². The van der Waals surface area contributed by atoms with E-state index in [4.69, 9.17) is 17.2 Å². The van der Waals surface area contributed by atoms with Gasteiger partial charge in [-0.3, -0.25) is 0 Å². The second-order valence-corrected chi connectivity index (χ2v) is 60.2. The Labute approximate surface area is 203 Å². The first-order chi connectivity index (χ1) is 15.0. The number of rotatable bonds is 5. The summed E-state index contributed by atoms with van der Waals surface area (Å²) in [5.74, 6) is 0. The summed E-state index contributed by atoms with van der Waals surface area (Å²) in [6, 6.07) is 10.3. The van der Waals surface area contributed by atoms with Crippen LogP contribution < -0.4 is 0 Å². The molecule has 0 fully saturated rings. The second kappa shape index (κ2) is 8.67. The third-order valence-corrected chi connectivity index (χ3v) is 54.3. The standard InChI is InChI=1S/2C12H13.C4H10Si.2ClH.Hf/c2*1-8-6-11-9(2)4-5-10(3)12(11)7-8;1-2-3-4-5;;;/h2*4-7H,1-3H3;5H,2-4H2,1H3;2*1H;/q;;;;;+2/p-2. The van der Waals surface area contributed by atoms with Crippen molar-refractivity contribution in [2.24, 2.45) is 0 Å². The maximum atomic E-state index is 8.28. The Balaban J connectivity index is 2.07. The Bertz CT molecular complexity index is 1160. The quantitative estimate of drug-likeness (QED) is 0.224. The summed E-state index contributed by atoms with van der Waals surface area (Å²) >= 11 is -4.63. The van der Waals surface area contributed by atoms with Gasteiger partial charge in [0.2, 0.25) is 0 Å². The molecular formula is C28H36Cl2HfSi. The minimum absolute atomic E-state index is 0.00651. The van der Waals surface area contributed by atoms with Gasteiger partial charge < -0.3 is 0 Å². The molecule has 0 N–H and O–H groups in total. The van der Waals surface area contributed by atoms with E-state index in [2.05, 4.69) is 84.9 Å². The average Bonchev–Trinajstić information content (AvgIpc) is 3.28. The topological polar surface area (TPSA) is 0 Å². The predicted octanol–water partition coefficient (Wildman–Crippen LogP) is 9.10. The molecule has 0 amide bonds. The van der Waals surface area contributed by atoms with Crippen LogP contribution in [0.15, 0.2) is 35.4 Å². The van der Waals surface area contributed by atoms with E-state index in [0.29, 0.717) is 0 Å². The molecule has 2 aromatic carbocycles. The molecule has 0 heterocycles. The Morgan fingerprint density at radius 1 is 0.719 bits per heavy atom. The van der Waals surface area contributed by atoms with Crippen LogP contribution in [0.5, 0.6) is 0 Å². The molecule has 0 radical (unpaired) electrons. The first-order valence-electron chi connectivity index (χ1n) is 12.0. The third-order valence-electron chi connectivity index (χ3n) is 7.87. The van der Waals surface area contributed by atoms with E-state index < -0.39 is 14.8 Å². The van der Waals surface area contributed by atoms with Crippen LogP contribution in [0.4, 0.5) is 0 Å². The molecule has 0 aromatic heterocycles. The summed E-state index contributed by atoms with van der Waals surface area (Å²) in [6.45, 7) is 15.8. The molecule has 0 saturated heterocycles. The number of hydrogen-bond donors (Lipinski definition) is 0. The van der Waals surface area contributed by atoms with E-state index in [1.165, 1.54) is 74.5 Å². The van der Waals surface area contributed by atoms with E-state index in [0.717, 1.165) is 0 Å². The van der Waals surface area contributed by atoms with Gasteiger partial charge >= 0.3 is 205 Å². The fraction of sp³-hybridized carbons (Fsp3) is 0.429. The molecule has 4 heteroatoms. The number of unbranched alkanes of at least 4 members (excludes halogenated alkanes) is 1. The van der Waals surface area contributed by atoms with Crippen molar-refractivity contribution in [2.45, 2.75) is 74.7 Å². The van der Waals surface area contributed by atoms with Crippen molar-refractivity contribution in [2.75, 3.05) is 0 Å². The molecule has 2 atom stereocenters. The van der Waals surface area contributed by atoms with Gasteiger partial charge in [0.15, 0.2) is 0 Å². The van der Waals surface area contributed by atoms with Gasteiger partial charge in [0, 0.05) is 0 Å². The van der Waals surface area contributed by atoms with Gasteiger partial charge in [-0.1, -0.05) is 0 Å². The van der Waals surface area contributed by atoms with Crippen LogP contribution in [-0.2, 0) is 14.8 Å². The minimum atomic E-state index is -4.63. The summed E-state index contributed by atoms with van der Waals surface area (Å²) in [5, 5.41) is 0. The molecule has 0 nitrogen and oxygen atoms in total. The SMILES string of the molecule is CCCC[SiH]=[Hf]([Cl])([Cl])([CH]1C(C)=Cc2c(C)ccc(C)c21)[CH]1C(C)=Cc2c(C)ccc(C)c21. The van der Waals surface area contributed by atoms with E-state index in [1.54, 1.807) is 0 Å².